The molecule has 3 rings (SSSR count). The van der Waals surface area contributed by atoms with Gasteiger partial charge in [0.15, 0.2) is 0 Å². The van der Waals surface area contributed by atoms with Gasteiger partial charge in [0.2, 0.25) is 0 Å². The van der Waals surface area contributed by atoms with Gasteiger partial charge in [-0.2, -0.15) is 5.01 Å². The molecule has 3 amide bonds. The third-order valence-corrected chi connectivity index (χ3v) is 5.32. The van der Waals surface area contributed by atoms with Crippen molar-refractivity contribution < 1.29 is 14.4 Å². The van der Waals surface area contributed by atoms with E-state index >= 15 is 0 Å². The Hall–Kier alpha value is -1.59. The first kappa shape index (κ1) is 16.3. The zero-order chi connectivity index (χ0) is 16.7. The number of carbonyl (C=O) groups is 3. The molecule has 1 saturated carbocycles. The molecule has 5 nitrogen and oxygen atoms in total. The van der Waals surface area contributed by atoms with Gasteiger partial charge in [0.1, 0.15) is 0 Å². The third kappa shape index (κ3) is 2.95. The summed E-state index contributed by atoms with van der Waals surface area (Å²) in [5.41, 5.74) is 2.65. The van der Waals surface area contributed by atoms with Gasteiger partial charge in [-0.25, -0.2) is 0 Å². The van der Waals surface area contributed by atoms with Crippen molar-refractivity contribution in [3.05, 3.63) is 33.8 Å². The van der Waals surface area contributed by atoms with Crippen LogP contribution in [-0.4, -0.2) is 22.7 Å². The number of fused-ring (bicyclic) bond motifs is 1. The average molecular weight is 355 g/mol. The molecule has 1 aromatic rings. The van der Waals surface area contributed by atoms with E-state index < -0.39 is 5.91 Å². The van der Waals surface area contributed by atoms with Crippen LogP contribution in [-0.2, 0) is 9.59 Å². The number of nitrogens with one attached hydrogen (secondary N) is 1. The molecule has 1 N–H and O–H groups in total. The second-order valence-electron chi connectivity index (χ2n) is 6.21. The second kappa shape index (κ2) is 6.13. The normalized spacial score (nSPS) is 27.1. The number of hydrazine groups is 1. The number of imide groups is 1. The van der Waals surface area contributed by atoms with Gasteiger partial charge in [-0.05, 0) is 43.4 Å². The van der Waals surface area contributed by atoms with Crippen molar-refractivity contribution in [3.8, 4) is 0 Å². The van der Waals surface area contributed by atoms with Gasteiger partial charge in [0.05, 0.1) is 21.9 Å². The molecule has 0 bridgehead atoms. The lowest BCUT2D eigenvalue weighted by Gasteiger charge is -2.25. The molecule has 1 aliphatic heterocycles. The van der Waals surface area contributed by atoms with Crippen LogP contribution in [0.2, 0.25) is 10.0 Å². The predicted octanol–water partition coefficient (Wildman–Crippen LogP) is 3.06. The zero-order valence-corrected chi connectivity index (χ0v) is 14.0. The number of benzene rings is 1. The van der Waals surface area contributed by atoms with Gasteiger partial charge in [-0.15, -0.1) is 0 Å². The summed E-state index contributed by atoms with van der Waals surface area (Å²) < 4.78 is 0. The fraction of sp³-hybridized carbons (Fsp3) is 0.438. The molecule has 0 aromatic heterocycles. The smallest absolute Gasteiger partial charge is 0.270 e. The van der Waals surface area contributed by atoms with Crippen molar-refractivity contribution in [3.63, 3.8) is 0 Å². The van der Waals surface area contributed by atoms with E-state index in [1.54, 1.807) is 0 Å². The maximum absolute atomic E-state index is 12.4. The number of rotatable bonds is 2. The van der Waals surface area contributed by atoms with Crippen molar-refractivity contribution in [2.24, 2.45) is 17.8 Å². The van der Waals surface area contributed by atoms with Crippen LogP contribution in [0.4, 0.5) is 0 Å². The molecule has 0 unspecified atom stereocenters. The Morgan fingerprint density at radius 1 is 1.13 bits per heavy atom. The molecule has 2 fully saturated rings. The van der Waals surface area contributed by atoms with Crippen molar-refractivity contribution in [2.75, 3.05) is 0 Å². The van der Waals surface area contributed by atoms with Crippen molar-refractivity contribution >= 4 is 40.9 Å². The van der Waals surface area contributed by atoms with Gasteiger partial charge >= 0.3 is 0 Å². The van der Waals surface area contributed by atoms with Gasteiger partial charge in [-0.1, -0.05) is 30.1 Å². The summed E-state index contributed by atoms with van der Waals surface area (Å²) in [7, 11) is 0. The standard InChI is InChI=1S/C16H16Cl2N2O3/c1-8-2-4-10-11(6-8)16(23)20(15(10)22)19-14(21)9-3-5-12(17)13(18)7-9/h3,5,7-8,10-11H,2,4,6H2,1H3,(H,19,21)/t8-,10+,11-/m1/s1. The Balaban J connectivity index is 1.77. The lowest BCUT2D eigenvalue weighted by atomic mass is 9.76. The highest BCUT2D eigenvalue weighted by Gasteiger charge is 2.50. The number of hydrogen-bond donors (Lipinski definition) is 1. The molecule has 1 aliphatic carbocycles. The quantitative estimate of drug-likeness (QED) is 0.830. The summed E-state index contributed by atoms with van der Waals surface area (Å²) in [6.45, 7) is 2.07. The van der Waals surface area contributed by atoms with Crippen LogP contribution in [0.1, 0.15) is 36.5 Å². The van der Waals surface area contributed by atoms with Gasteiger partial charge in [-0.3, -0.25) is 19.8 Å². The molecule has 1 saturated heterocycles. The Morgan fingerprint density at radius 3 is 2.52 bits per heavy atom. The highest BCUT2D eigenvalue weighted by atomic mass is 35.5. The molecule has 1 aromatic carbocycles. The molecular formula is C16H16Cl2N2O3. The number of carbonyl (C=O) groups excluding carboxylic acids is 3. The Morgan fingerprint density at radius 2 is 1.83 bits per heavy atom. The molecule has 3 atom stereocenters. The van der Waals surface area contributed by atoms with Gasteiger partial charge < -0.3 is 0 Å². The third-order valence-electron chi connectivity index (χ3n) is 4.58. The maximum Gasteiger partial charge on any atom is 0.270 e. The number of amides is 3. The fourth-order valence-corrected chi connectivity index (χ4v) is 3.60. The Bertz CT molecular complexity index is 692. The van der Waals surface area contributed by atoms with Crippen LogP contribution in [0, 0.1) is 17.8 Å². The summed E-state index contributed by atoms with van der Waals surface area (Å²) in [6.07, 6.45) is 2.30. The summed E-state index contributed by atoms with van der Waals surface area (Å²) in [5, 5.41) is 1.44. The number of nitrogens with zero attached hydrogens (tertiary/aromatic N) is 1. The molecule has 23 heavy (non-hydrogen) atoms. The first-order valence-corrected chi connectivity index (χ1v) is 8.28. The van der Waals surface area contributed by atoms with Crippen molar-refractivity contribution in [1.82, 2.24) is 10.4 Å². The van der Waals surface area contributed by atoms with E-state index in [-0.39, 0.29) is 34.2 Å². The van der Waals surface area contributed by atoms with Crippen molar-refractivity contribution in [2.45, 2.75) is 26.2 Å². The molecule has 2 aliphatic rings. The van der Waals surface area contributed by atoms with Crippen LogP contribution in [0.15, 0.2) is 18.2 Å². The highest BCUT2D eigenvalue weighted by molar-refractivity contribution is 6.42. The van der Waals surface area contributed by atoms with Crippen LogP contribution in [0.3, 0.4) is 0 Å². The first-order chi connectivity index (χ1) is 10.9. The van der Waals surface area contributed by atoms with Crippen LogP contribution >= 0.6 is 23.2 Å². The monoisotopic (exact) mass is 354 g/mol. The maximum atomic E-state index is 12.4. The van der Waals surface area contributed by atoms with E-state index in [2.05, 4.69) is 12.3 Å². The van der Waals surface area contributed by atoms with Crippen LogP contribution in [0.5, 0.6) is 0 Å². The molecule has 1 heterocycles. The molecule has 7 heteroatoms. The Labute approximate surface area is 143 Å². The minimum absolute atomic E-state index is 0.237. The van der Waals surface area contributed by atoms with Gasteiger partial charge in [0, 0.05) is 5.56 Å². The SMILES string of the molecule is C[C@@H]1CC[C@@H]2C(=O)N(NC(=O)c3ccc(Cl)c(Cl)c3)C(=O)[C@@H]2C1. The lowest BCUT2D eigenvalue weighted by molar-refractivity contribution is -0.142. The fourth-order valence-electron chi connectivity index (χ4n) is 3.30. The zero-order valence-electron chi connectivity index (χ0n) is 12.5. The summed E-state index contributed by atoms with van der Waals surface area (Å²) in [6, 6.07) is 4.39. The number of halogens is 2. The average Bonchev–Trinajstić information content (AvgIpc) is 2.74. The predicted molar refractivity (Wildman–Crippen MR) is 85.8 cm³/mol. The van der Waals surface area contributed by atoms with E-state index in [4.69, 9.17) is 23.2 Å². The largest absolute Gasteiger partial charge is 0.272 e. The first-order valence-electron chi connectivity index (χ1n) is 7.52. The number of hydrogen-bond acceptors (Lipinski definition) is 3. The van der Waals surface area contributed by atoms with E-state index in [1.165, 1.54) is 18.2 Å². The summed E-state index contributed by atoms with van der Waals surface area (Å²) in [4.78, 5) is 37.1. The van der Waals surface area contributed by atoms with Crippen LogP contribution in [0.25, 0.3) is 0 Å². The lowest BCUT2D eigenvalue weighted by Crippen LogP contribution is -2.46. The minimum Gasteiger partial charge on any atom is -0.272 e. The molecule has 122 valence electrons. The van der Waals surface area contributed by atoms with E-state index in [0.717, 1.165) is 11.4 Å². The van der Waals surface area contributed by atoms with E-state index in [0.29, 0.717) is 23.8 Å². The summed E-state index contributed by atoms with van der Waals surface area (Å²) in [5.74, 6) is -1.41. The van der Waals surface area contributed by atoms with Gasteiger partial charge in [0.25, 0.3) is 17.7 Å². The van der Waals surface area contributed by atoms with E-state index in [9.17, 15) is 14.4 Å². The molecule has 0 spiro atoms. The topological polar surface area (TPSA) is 66.5 Å². The van der Waals surface area contributed by atoms with E-state index in [1.807, 2.05) is 0 Å². The summed E-state index contributed by atoms with van der Waals surface area (Å²) >= 11 is 11.7. The molecular weight excluding hydrogens is 339 g/mol. The van der Waals surface area contributed by atoms with Crippen LogP contribution < -0.4 is 5.43 Å². The Kier molecular flexibility index (Phi) is 4.34. The molecule has 0 radical (unpaired) electrons. The minimum atomic E-state index is -0.558. The van der Waals surface area contributed by atoms with Crippen molar-refractivity contribution in [1.29, 1.82) is 0 Å². The second-order valence-corrected chi connectivity index (χ2v) is 7.03. The highest BCUT2D eigenvalue weighted by Crippen LogP contribution is 2.39.